The molecule has 0 aliphatic rings. The molecular formula is C17H27ClN2O. The number of hydrogen-bond acceptors (Lipinski definition) is 2. The minimum atomic E-state index is -0.146. The minimum Gasteiger partial charge on any atom is -0.323 e. The molecule has 0 bridgehead atoms. The van der Waals surface area contributed by atoms with Crippen LogP contribution >= 0.6 is 11.6 Å². The summed E-state index contributed by atoms with van der Waals surface area (Å²) in [5.41, 5.74) is 1.71. The van der Waals surface area contributed by atoms with Gasteiger partial charge >= 0.3 is 0 Å². The second-order valence-corrected chi connectivity index (χ2v) is 5.83. The summed E-state index contributed by atoms with van der Waals surface area (Å²) < 4.78 is 0. The van der Waals surface area contributed by atoms with Gasteiger partial charge in [0.2, 0.25) is 5.91 Å². The number of benzene rings is 1. The van der Waals surface area contributed by atoms with Crippen molar-refractivity contribution in [2.24, 2.45) is 0 Å². The third-order valence-corrected chi connectivity index (χ3v) is 3.87. The fraction of sp³-hybridized carbons (Fsp3) is 0.588. The van der Waals surface area contributed by atoms with Crippen LogP contribution in [0.2, 0.25) is 5.02 Å². The summed E-state index contributed by atoms with van der Waals surface area (Å²) in [6.45, 7) is 7.11. The summed E-state index contributed by atoms with van der Waals surface area (Å²) in [4.78, 5) is 12.5. The van der Waals surface area contributed by atoms with Gasteiger partial charge in [-0.3, -0.25) is 4.79 Å². The molecule has 0 fully saturated rings. The maximum absolute atomic E-state index is 12.5. The Morgan fingerprint density at radius 2 is 1.95 bits per heavy atom. The highest BCUT2D eigenvalue weighted by Crippen LogP contribution is 2.25. The molecule has 1 atom stereocenters. The molecule has 0 unspecified atom stereocenters. The van der Waals surface area contributed by atoms with E-state index in [2.05, 4.69) is 24.5 Å². The van der Waals surface area contributed by atoms with E-state index in [1.807, 2.05) is 19.1 Å². The van der Waals surface area contributed by atoms with Crippen LogP contribution in [0.25, 0.3) is 0 Å². The van der Waals surface area contributed by atoms with Crippen molar-refractivity contribution in [1.82, 2.24) is 5.32 Å². The first kappa shape index (κ1) is 18.0. The summed E-state index contributed by atoms with van der Waals surface area (Å²) in [6, 6.07) is 5.50. The predicted octanol–water partition coefficient (Wildman–Crippen LogP) is 4.54. The van der Waals surface area contributed by atoms with Gasteiger partial charge in [-0.15, -0.1) is 0 Å². The summed E-state index contributed by atoms with van der Waals surface area (Å²) in [7, 11) is 0. The molecule has 0 saturated heterocycles. The highest BCUT2D eigenvalue weighted by atomic mass is 35.5. The quantitative estimate of drug-likeness (QED) is 0.658. The lowest BCUT2D eigenvalue weighted by Gasteiger charge is -2.19. The maximum atomic E-state index is 12.5. The van der Waals surface area contributed by atoms with E-state index >= 15 is 0 Å². The SMILES string of the molecule is CCCCN[C@@H](CCCC)C(=O)Nc1c(C)cccc1Cl. The number of para-hydroxylation sites is 1. The maximum Gasteiger partial charge on any atom is 0.241 e. The van der Waals surface area contributed by atoms with Gasteiger partial charge in [-0.25, -0.2) is 0 Å². The summed E-state index contributed by atoms with van der Waals surface area (Å²) in [5, 5.41) is 6.93. The van der Waals surface area contributed by atoms with Crippen LogP contribution < -0.4 is 10.6 Å². The molecule has 1 aromatic carbocycles. The monoisotopic (exact) mass is 310 g/mol. The summed E-state index contributed by atoms with van der Waals surface area (Å²) in [6.07, 6.45) is 5.19. The predicted molar refractivity (Wildman–Crippen MR) is 91.0 cm³/mol. The molecule has 0 saturated carbocycles. The van der Waals surface area contributed by atoms with Gasteiger partial charge in [-0.1, -0.05) is 56.8 Å². The fourth-order valence-corrected chi connectivity index (χ4v) is 2.46. The van der Waals surface area contributed by atoms with E-state index in [1.54, 1.807) is 6.07 Å². The zero-order valence-corrected chi connectivity index (χ0v) is 14.1. The van der Waals surface area contributed by atoms with Crippen LogP contribution in [0.15, 0.2) is 18.2 Å². The molecule has 118 valence electrons. The van der Waals surface area contributed by atoms with E-state index in [-0.39, 0.29) is 11.9 Å². The Morgan fingerprint density at radius 3 is 2.57 bits per heavy atom. The largest absolute Gasteiger partial charge is 0.323 e. The topological polar surface area (TPSA) is 41.1 Å². The van der Waals surface area contributed by atoms with Crippen molar-refractivity contribution in [2.75, 3.05) is 11.9 Å². The lowest BCUT2D eigenvalue weighted by molar-refractivity contribution is -0.118. The Kier molecular flexibility index (Phi) is 8.40. The average molecular weight is 311 g/mol. The van der Waals surface area contributed by atoms with Crippen LogP contribution in [0.1, 0.15) is 51.5 Å². The number of carbonyl (C=O) groups is 1. The number of unbranched alkanes of at least 4 members (excludes halogenated alkanes) is 2. The van der Waals surface area contributed by atoms with Crippen molar-refractivity contribution in [2.45, 2.75) is 58.9 Å². The lowest BCUT2D eigenvalue weighted by Crippen LogP contribution is -2.41. The van der Waals surface area contributed by atoms with Gasteiger partial charge in [0.25, 0.3) is 0 Å². The Hall–Kier alpha value is -1.06. The third-order valence-electron chi connectivity index (χ3n) is 3.55. The van der Waals surface area contributed by atoms with Crippen molar-refractivity contribution in [3.8, 4) is 0 Å². The fourth-order valence-electron chi connectivity index (χ4n) is 2.19. The Morgan fingerprint density at radius 1 is 1.24 bits per heavy atom. The zero-order chi connectivity index (χ0) is 15.7. The van der Waals surface area contributed by atoms with E-state index in [0.717, 1.165) is 49.9 Å². The highest BCUT2D eigenvalue weighted by molar-refractivity contribution is 6.34. The molecule has 0 spiro atoms. The highest BCUT2D eigenvalue weighted by Gasteiger charge is 2.18. The smallest absolute Gasteiger partial charge is 0.241 e. The van der Waals surface area contributed by atoms with E-state index in [9.17, 15) is 4.79 Å². The molecule has 1 rings (SSSR count). The number of anilines is 1. The number of aryl methyl sites for hydroxylation is 1. The second-order valence-electron chi connectivity index (χ2n) is 5.42. The summed E-state index contributed by atoms with van der Waals surface area (Å²) >= 11 is 6.17. The molecule has 0 aromatic heterocycles. The van der Waals surface area contributed by atoms with Gasteiger partial charge in [-0.05, 0) is 37.9 Å². The molecular weight excluding hydrogens is 284 g/mol. The molecule has 2 N–H and O–H groups in total. The van der Waals surface area contributed by atoms with Crippen molar-refractivity contribution in [3.05, 3.63) is 28.8 Å². The van der Waals surface area contributed by atoms with Crippen LogP contribution in [-0.4, -0.2) is 18.5 Å². The van der Waals surface area contributed by atoms with Gasteiger partial charge in [0.15, 0.2) is 0 Å². The number of carbonyl (C=O) groups excluding carboxylic acids is 1. The average Bonchev–Trinajstić information content (AvgIpc) is 2.46. The molecule has 21 heavy (non-hydrogen) atoms. The molecule has 0 radical (unpaired) electrons. The standard InChI is InChI=1S/C17H27ClN2O/c1-4-6-11-15(19-12-7-5-2)17(21)20-16-13(3)9-8-10-14(16)18/h8-10,15,19H,4-7,11-12H2,1-3H3,(H,20,21)/t15-/m0/s1. The first-order valence-corrected chi connectivity index (χ1v) is 8.27. The van der Waals surface area contributed by atoms with E-state index in [1.165, 1.54) is 0 Å². The number of nitrogens with one attached hydrogen (secondary N) is 2. The van der Waals surface area contributed by atoms with Crippen LogP contribution in [0, 0.1) is 6.92 Å². The van der Waals surface area contributed by atoms with Gasteiger partial charge in [-0.2, -0.15) is 0 Å². The van der Waals surface area contributed by atoms with Crippen molar-refractivity contribution in [3.63, 3.8) is 0 Å². The van der Waals surface area contributed by atoms with Crippen LogP contribution in [0.4, 0.5) is 5.69 Å². The van der Waals surface area contributed by atoms with Crippen molar-refractivity contribution < 1.29 is 4.79 Å². The van der Waals surface area contributed by atoms with Crippen LogP contribution in [0.5, 0.6) is 0 Å². The van der Waals surface area contributed by atoms with Gasteiger partial charge in [0.05, 0.1) is 16.8 Å². The van der Waals surface area contributed by atoms with Crippen molar-refractivity contribution in [1.29, 1.82) is 0 Å². The van der Waals surface area contributed by atoms with Gasteiger partial charge in [0, 0.05) is 0 Å². The molecule has 1 amide bonds. The molecule has 3 nitrogen and oxygen atoms in total. The van der Waals surface area contributed by atoms with Crippen LogP contribution in [-0.2, 0) is 4.79 Å². The van der Waals surface area contributed by atoms with E-state index in [0.29, 0.717) is 5.02 Å². The Labute approximate surface area is 133 Å². The van der Waals surface area contributed by atoms with Crippen LogP contribution in [0.3, 0.4) is 0 Å². The van der Waals surface area contributed by atoms with Crippen molar-refractivity contribution >= 4 is 23.2 Å². The second kappa shape index (κ2) is 9.80. The number of amides is 1. The molecule has 1 aromatic rings. The molecule has 0 aliphatic carbocycles. The first-order chi connectivity index (χ1) is 10.1. The number of rotatable bonds is 9. The third kappa shape index (κ3) is 6.06. The Bertz CT molecular complexity index is 428. The first-order valence-electron chi connectivity index (χ1n) is 7.89. The molecule has 4 heteroatoms. The minimum absolute atomic E-state index is 0.00996. The number of halogens is 1. The Balaban J connectivity index is 2.70. The molecule has 0 heterocycles. The molecule has 0 aliphatic heterocycles. The number of hydrogen-bond donors (Lipinski definition) is 2. The van der Waals surface area contributed by atoms with Gasteiger partial charge < -0.3 is 10.6 Å². The zero-order valence-electron chi connectivity index (χ0n) is 13.3. The summed E-state index contributed by atoms with van der Waals surface area (Å²) in [5.74, 6) is 0.00996. The van der Waals surface area contributed by atoms with E-state index < -0.39 is 0 Å². The van der Waals surface area contributed by atoms with Gasteiger partial charge in [0.1, 0.15) is 0 Å². The van der Waals surface area contributed by atoms with E-state index in [4.69, 9.17) is 11.6 Å². The lowest BCUT2D eigenvalue weighted by atomic mass is 10.1. The normalized spacial score (nSPS) is 12.2.